The van der Waals surface area contributed by atoms with E-state index in [-0.39, 0.29) is 0 Å². The molecule has 0 radical (unpaired) electrons. The molecule has 4 nitrogen and oxygen atoms in total. The molecule has 0 fully saturated rings. The van der Waals surface area contributed by atoms with Crippen LogP contribution in [0, 0.1) is 6.92 Å². The second kappa shape index (κ2) is 5.35. The van der Waals surface area contributed by atoms with E-state index >= 15 is 0 Å². The van der Waals surface area contributed by atoms with Gasteiger partial charge in [0.15, 0.2) is 0 Å². The van der Waals surface area contributed by atoms with E-state index < -0.39 is 0 Å². The van der Waals surface area contributed by atoms with Gasteiger partial charge in [-0.3, -0.25) is 0 Å². The second-order valence-corrected chi connectivity index (χ2v) is 4.89. The molecule has 0 aliphatic carbocycles. The number of benzene rings is 2. The normalized spacial score (nSPS) is 11.1. The number of fused-ring (bicyclic) bond motifs is 1. The van der Waals surface area contributed by atoms with Crippen molar-refractivity contribution >= 4 is 11.0 Å². The van der Waals surface area contributed by atoms with E-state index in [1.54, 1.807) is 0 Å². The number of nitrogens with zero attached hydrogens (tertiary/aromatic N) is 1. The molecule has 1 heterocycles. The Hall–Kier alpha value is -2.33. The molecule has 0 aliphatic heterocycles. The maximum Gasteiger partial charge on any atom is 0.122 e. The van der Waals surface area contributed by atoms with Gasteiger partial charge in [-0.25, -0.2) is 4.98 Å². The summed E-state index contributed by atoms with van der Waals surface area (Å²) in [7, 11) is 0. The zero-order valence-electron chi connectivity index (χ0n) is 11.4. The van der Waals surface area contributed by atoms with Crippen LogP contribution < -0.4 is 5.32 Å². The molecule has 1 aromatic heterocycles. The minimum absolute atomic E-state index is 0.365. The monoisotopic (exact) mass is 267 g/mol. The number of hydrogen-bond donors (Lipinski definition) is 3. The largest absolute Gasteiger partial charge is 0.507 e. The Morgan fingerprint density at radius 2 is 1.95 bits per heavy atom. The Morgan fingerprint density at radius 1 is 1.10 bits per heavy atom. The molecule has 0 spiro atoms. The first kappa shape index (κ1) is 12.7. The lowest BCUT2D eigenvalue weighted by molar-refractivity contribution is 0.460. The van der Waals surface area contributed by atoms with Crippen molar-refractivity contribution in [3.05, 3.63) is 59.4 Å². The summed E-state index contributed by atoms with van der Waals surface area (Å²) in [6.45, 7) is 3.16. The number of para-hydroxylation sites is 3. The average molecular weight is 267 g/mol. The molecule has 2 aromatic carbocycles. The number of H-pyrrole nitrogens is 1. The third-order valence-electron chi connectivity index (χ3n) is 3.37. The van der Waals surface area contributed by atoms with Crippen molar-refractivity contribution in [1.29, 1.82) is 0 Å². The molecule has 102 valence electrons. The van der Waals surface area contributed by atoms with Crippen LogP contribution in [0.25, 0.3) is 11.0 Å². The minimum atomic E-state index is 0.365. The molecule has 0 atom stereocenters. The van der Waals surface area contributed by atoms with Crippen LogP contribution in [0.3, 0.4) is 0 Å². The smallest absolute Gasteiger partial charge is 0.122 e. The maximum atomic E-state index is 9.95. The Labute approximate surface area is 117 Å². The van der Waals surface area contributed by atoms with E-state index in [9.17, 15) is 5.11 Å². The lowest BCUT2D eigenvalue weighted by Gasteiger charge is -2.07. The predicted octanol–water partition coefficient (Wildman–Crippen LogP) is 2.87. The quantitative estimate of drug-likeness (QED) is 0.681. The Morgan fingerprint density at radius 3 is 2.80 bits per heavy atom. The van der Waals surface area contributed by atoms with Gasteiger partial charge < -0.3 is 15.4 Å². The molecule has 20 heavy (non-hydrogen) atoms. The molecule has 0 aliphatic rings. The number of aromatic hydroxyl groups is 1. The highest BCUT2D eigenvalue weighted by molar-refractivity contribution is 5.74. The highest BCUT2D eigenvalue weighted by Gasteiger charge is 2.04. The van der Waals surface area contributed by atoms with Gasteiger partial charge in [-0.2, -0.15) is 0 Å². The van der Waals surface area contributed by atoms with E-state index in [0.717, 1.165) is 28.0 Å². The van der Waals surface area contributed by atoms with Gasteiger partial charge in [0.25, 0.3) is 0 Å². The van der Waals surface area contributed by atoms with Crippen LogP contribution in [-0.2, 0) is 13.1 Å². The summed E-state index contributed by atoms with van der Waals surface area (Å²) in [5.74, 6) is 1.27. The van der Waals surface area contributed by atoms with Crippen LogP contribution in [0.4, 0.5) is 0 Å². The van der Waals surface area contributed by atoms with Crippen LogP contribution in [-0.4, -0.2) is 15.1 Å². The molecule has 0 saturated carbocycles. The molecule has 3 N–H and O–H groups in total. The number of aromatic nitrogens is 2. The third kappa shape index (κ3) is 2.51. The van der Waals surface area contributed by atoms with Crippen molar-refractivity contribution in [1.82, 2.24) is 15.3 Å². The summed E-state index contributed by atoms with van der Waals surface area (Å²) in [4.78, 5) is 7.78. The number of imidazole rings is 1. The van der Waals surface area contributed by atoms with Gasteiger partial charge in [0, 0.05) is 12.1 Å². The van der Waals surface area contributed by atoms with Crippen LogP contribution in [0.2, 0.25) is 0 Å². The van der Waals surface area contributed by atoms with Gasteiger partial charge in [-0.05, 0) is 24.6 Å². The van der Waals surface area contributed by atoms with Gasteiger partial charge in [0.05, 0.1) is 17.6 Å². The maximum absolute atomic E-state index is 9.95. The fourth-order valence-electron chi connectivity index (χ4n) is 2.27. The molecule has 0 saturated heterocycles. The third-order valence-corrected chi connectivity index (χ3v) is 3.37. The summed E-state index contributed by atoms with van der Waals surface area (Å²) in [6, 6.07) is 13.7. The summed E-state index contributed by atoms with van der Waals surface area (Å²) in [5, 5.41) is 13.2. The van der Waals surface area contributed by atoms with E-state index in [0.29, 0.717) is 18.8 Å². The van der Waals surface area contributed by atoms with Crippen molar-refractivity contribution in [3.63, 3.8) is 0 Å². The van der Waals surface area contributed by atoms with E-state index in [2.05, 4.69) is 15.3 Å². The number of phenolic OH excluding ortho intramolecular Hbond substituents is 1. The van der Waals surface area contributed by atoms with Crippen LogP contribution in [0.15, 0.2) is 42.5 Å². The first-order chi connectivity index (χ1) is 9.74. The molecule has 3 rings (SSSR count). The van der Waals surface area contributed by atoms with E-state index in [1.807, 2.05) is 49.4 Å². The van der Waals surface area contributed by atoms with Gasteiger partial charge >= 0.3 is 0 Å². The first-order valence-electron chi connectivity index (χ1n) is 6.66. The summed E-state index contributed by atoms with van der Waals surface area (Å²) < 4.78 is 0. The summed E-state index contributed by atoms with van der Waals surface area (Å²) in [6.07, 6.45) is 0. The Balaban J connectivity index is 1.66. The number of hydrogen-bond acceptors (Lipinski definition) is 3. The number of nitrogens with one attached hydrogen (secondary N) is 2. The molecule has 0 unspecified atom stereocenters. The van der Waals surface area contributed by atoms with E-state index in [1.165, 1.54) is 0 Å². The van der Waals surface area contributed by atoms with Gasteiger partial charge in [0.2, 0.25) is 0 Å². The molecule has 3 aromatic rings. The predicted molar refractivity (Wildman–Crippen MR) is 79.5 cm³/mol. The first-order valence-corrected chi connectivity index (χ1v) is 6.66. The number of rotatable bonds is 4. The Kier molecular flexibility index (Phi) is 3.39. The molecular formula is C16H17N3O. The molecular weight excluding hydrogens is 250 g/mol. The van der Waals surface area contributed by atoms with Crippen LogP contribution in [0.1, 0.15) is 17.0 Å². The fourth-order valence-corrected chi connectivity index (χ4v) is 2.27. The topological polar surface area (TPSA) is 60.9 Å². The van der Waals surface area contributed by atoms with Crippen molar-refractivity contribution in [2.45, 2.75) is 20.0 Å². The van der Waals surface area contributed by atoms with Crippen LogP contribution in [0.5, 0.6) is 5.75 Å². The number of aryl methyl sites for hydroxylation is 1. The van der Waals surface area contributed by atoms with Crippen molar-refractivity contribution in [2.24, 2.45) is 0 Å². The molecule has 4 heteroatoms. The molecule has 0 amide bonds. The second-order valence-electron chi connectivity index (χ2n) is 4.89. The van der Waals surface area contributed by atoms with Crippen molar-refractivity contribution in [2.75, 3.05) is 0 Å². The van der Waals surface area contributed by atoms with Gasteiger partial charge in [-0.1, -0.05) is 30.3 Å². The highest BCUT2D eigenvalue weighted by atomic mass is 16.3. The number of aromatic amines is 1. The highest BCUT2D eigenvalue weighted by Crippen LogP contribution is 2.21. The lowest BCUT2D eigenvalue weighted by atomic mass is 10.1. The SMILES string of the molecule is Cc1cccc(CNCc2nc3ccccc3[nH]2)c1O. The van der Waals surface area contributed by atoms with Crippen LogP contribution >= 0.6 is 0 Å². The van der Waals surface area contributed by atoms with Crippen molar-refractivity contribution in [3.8, 4) is 5.75 Å². The van der Waals surface area contributed by atoms with Gasteiger partial charge in [0.1, 0.15) is 11.6 Å². The minimum Gasteiger partial charge on any atom is -0.507 e. The summed E-state index contributed by atoms with van der Waals surface area (Å²) >= 11 is 0. The number of phenols is 1. The fraction of sp³-hybridized carbons (Fsp3) is 0.188. The standard InChI is InChI=1S/C16H17N3O/c1-11-5-4-6-12(16(11)20)9-17-10-15-18-13-7-2-3-8-14(13)19-15/h2-8,17,20H,9-10H2,1H3,(H,18,19). The lowest BCUT2D eigenvalue weighted by Crippen LogP contribution is -2.13. The van der Waals surface area contributed by atoms with Gasteiger partial charge in [-0.15, -0.1) is 0 Å². The zero-order chi connectivity index (χ0) is 13.9. The van der Waals surface area contributed by atoms with Crippen molar-refractivity contribution < 1.29 is 5.11 Å². The summed E-state index contributed by atoms with van der Waals surface area (Å²) in [5.41, 5.74) is 3.82. The zero-order valence-corrected chi connectivity index (χ0v) is 11.4. The average Bonchev–Trinajstić information content (AvgIpc) is 2.86. The van der Waals surface area contributed by atoms with E-state index in [4.69, 9.17) is 0 Å². The molecule has 0 bridgehead atoms. The Bertz CT molecular complexity index is 700.